The fraction of sp³-hybridized carbons (Fsp3) is 0.520. The number of hydrogen-bond donors (Lipinski definition) is 0. The van der Waals surface area contributed by atoms with E-state index < -0.39 is 0 Å². The quantitative estimate of drug-likeness (QED) is 0.293. The maximum Gasteiger partial charge on any atom is 0.114 e. The summed E-state index contributed by atoms with van der Waals surface area (Å²) in [5.41, 5.74) is 3.33. The molecule has 0 atom stereocenters. The molecule has 150 valence electrons. The van der Waals surface area contributed by atoms with E-state index in [0.29, 0.717) is 0 Å². The average Bonchev–Trinajstić information content (AvgIpc) is 3.11. The average molecular weight is 378 g/mol. The fourth-order valence-corrected chi connectivity index (χ4v) is 3.96. The van der Waals surface area contributed by atoms with Crippen molar-refractivity contribution in [2.45, 2.75) is 84.0 Å². The van der Waals surface area contributed by atoms with Crippen LogP contribution in [0.15, 0.2) is 48.8 Å². The second-order valence-electron chi connectivity index (χ2n) is 7.85. The van der Waals surface area contributed by atoms with Crippen LogP contribution in [0.3, 0.4) is 0 Å². The molecule has 0 N–H and O–H groups in total. The highest BCUT2D eigenvalue weighted by molar-refractivity contribution is 5.77. The molecule has 3 rings (SSSR count). The molecule has 0 radical (unpaired) electrons. The predicted molar refractivity (Wildman–Crippen MR) is 119 cm³/mol. The Balaban J connectivity index is 1.45. The number of imidazole rings is 1. The molecule has 28 heavy (non-hydrogen) atoms. The van der Waals surface area contributed by atoms with E-state index in [9.17, 15) is 0 Å². The molecule has 3 heteroatoms. The molecule has 3 nitrogen and oxygen atoms in total. The molecule has 0 aliphatic heterocycles. The molecule has 3 aromatic rings. The largest absolute Gasteiger partial charge is 0.296 e. The Morgan fingerprint density at radius 1 is 0.750 bits per heavy atom. The molecule has 0 saturated carbocycles. The van der Waals surface area contributed by atoms with Gasteiger partial charge in [-0.15, -0.1) is 0 Å². The first kappa shape index (κ1) is 20.6. The number of hydrogen-bond acceptors (Lipinski definition) is 2. The summed E-state index contributed by atoms with van der Waals surface area (Å²) in [6, 6.07) is 12.6. The van der Waals surface area contributed by atoms with Crippen LogP contribution in [-0.4, -0.2) is 14.5 Å². The molecule has 0 aliphatic carbocycles. The number of aromatic nitrogens is 3. The third kappa shape index (κ3) is 5.92. The molecule has 0 spiro atoms. The van der Waals surface area contributed by atoms with Crippen LogP contribution < -0.4 is 0 Å². The Morgan fingerprint density at radius 2 is 1.39 bits per heavy atom. The molecular weight excluding hydrogens is 342 g/mol. The minimum atomic E-state index is 0.990. The summed E-state index contributed by atoms with van der Waals surface area (Å²) in [4.78, 5) is 9.12. The Labute approximate surface area is 170 Å². The van der Waals surface area contributed by atoms with Crippen molar-refractivity contribution in [1.29, 1.82) is 0 Å². The number of aryl methyl sites for hydroxylation is 1. The van der Waals surface area contributed by atoms with Gasteiger partial charge in [0.15, 0.2) is 0 Å². The van der Waals surface area contributed by atoms with Gasteiger partial charge in [0.25, 0.3) is 0 Å². The van der Waals surface area contributed by atoms with E-state index in [2.05, 4.69) is 52.9 Å². The topological polar surface area (TPSA) is 30.7 Å². The van der Waals surface area contributed by atoms with E-state index in [1.165, 1.54) is 76.3 Å². The molecule has 0 fully saturated rings. The lowest BCUT2D eigenvalue weighted by Gasteiger charge is -2.09. The smallest absolute Gasteiger partial charge is 0.114 e. The normalized spacial score (nSPS) is 11.3. The third-order valence-electron chi connectivity index (χ3n) is 5.54. The summed E-state index contributed by atoms with van der Waals surface area (Å²) in [5.74, 6) is 1.16. The van der Waals surface area contributed by atoms with E-state index in [-0.39, 0.29) is 0 Å². The molecule has 1 aromatic carbocycles. The lowest BCUT2D eigenvalue weighted by molar-refractivity contribution is 0.547. The van der Waals surface area contributed by atoms with Crippen molar-refractivity contribution in [1.82, 2.24) is 14.5 Å². The zero-order valence-electron chi connectivity index (χ0n) is 17.4. The first-order valence-corrected chi connectivity index (χ1v) is 11.3. The van der Waals surface area contributed by atoms with Gasteiger partial charge in [-0.05, 0) is 24.6 Å². The van der Waals surface area contributed by atoms with E-state index in [0.717, 1.165) is 23.3 Å². The number of unbranched alkanes of at least 4 members (excludes halogenated alkanes) is 10. The Bertz CT molecular complexity index is 807. The highest BCUT2D eigenvalue weighted by Crippen LogP contribution is 2.22. The molecule has 0 saturated heterocycles. The number of fused-ring (bicyclic) bond motifs is 1. The van der Waals surface area contributed by atoms with Crippen molar-refractivity contribution < 1.29 is 0 Å². The van der Waals surface area contributed by atoms with E-state index in [4.69, 9.17) is 4.98 Å². The number of para-hydroxylation sites is 1. The van der Waals surface area contributed by atoms with Crippen LogP contribution in [0.5, 0.6) is 0 Å². The maximum atomic E-state index is 4.87. The van der Waals surface area contributed by atoms with Gasteiger partial charge in [-0.1, -0.05) is 89.3 Å². The summed E-state index contributed by atoms with van der Waals surface area (Å²) >= 11 is 0. The number of pyridine rings is 1. The lowest BCUT2D eigenvalue weighted by Crippen LogP contribution is -2.01. The fourth-order valence-electron chi connectivity index (χ4n) is 3.96. The first-order valence-electron chi connectivity index (χ1n) is 11.3. The monoisotopic (exact) mass is 377 g/mol. The SMILES string of the molecule is CCCCCCCCCCCCCc1nc2cnccc2n1-c1ccccc1. The molecule has 2 heterocycles. The number of benzene rings is 1. The highest BCUT2D eigenvalue weighted by Gasteiger charge is 2.11. The third-order valence-corrected chi connectivity index (χ3v) is 5.54. The van der Waals surface area contributed by atoms with Crippen LogP contribution >= 0.6 is 0 Å². The molecule has 0 bridgehead atoms. The van der Waals surface area contributed by atoms with Gasteiger partial charge in [0.1, 0.15) is 11.3 Å². The van der Waals surface area contributed by atoms with E-state index in [1.54, 1.807) is 0 Å². The highest BCUT2D eigenvalue weighted by atomic mass is 15.1. The van der Waals surface area contributed by atoms with Gasteiger partial charge in [0.2, 0.25) is 0 Å². The minimum Gasteiger partial charge on any atom is -0.296 e. The molecule has 0 aliphatic rings. The number of rotatable bonds is 13. The van der Waals surface area contributed by atoms with Crippen molar-refractivity contribution in [3.63, 3.8) is 0 Å². The Hall–Kier alpha value is -2.16. The Kier molecular flexibility index (Phi) is 8.54. The number of nitrogens with zero attached hydrogens (tertiary/aromatic N) is 3. The summed E-state index contributed by atoms with van der Waals surface area (Å²) < 4.78 is 2.30. The molecule has 0 amide bonds. The van der Waals surface area contributed by atoms with Gasteiger partial charge >= 0.3 is 0 Å². The van der Waals surface area contributed by atoms with Crippen LogP contribution in [0, 0.1) is 0 Å². The summed E-state index contributed by atoms with van der Waals surface area (Å²) in [5, 5.41) is 0. The Morgan fingerprint density at radius 3 is 2.07 bits per heavy atom. The summed E-state index contributed by atoms with van der Waals surface area (Å²) in [6.07, 6.45) is 19.8. The zero-order chi connectivity index (χ0) is 19.4. The molecule has 2 aromatic heterocycles. The van der Waals surface area contributed by atoms with Crippen molar-refractivity contribution in [2.24, 2.45) is 0 Å². The first-order chi connectivity index (χ1) is 13.9. The van der Waals surface area contributed by atoms with Crippen LogP contribution in [0.25, 0.3) is 16.7 Å². The molecular formula is C25H35N3. The van der Waals surface area contributed by atoms with Crippen LogP contribution in [0.4, 0.5) is 0 Å². The van der Waals surface area contributed by atoms with Crippen LogP contribution in [0.2, 0.25) is 0 Å². The van der Waals surface area contributed by atoms with Gasteiger partial charge in [0, 0.05) is 18.3 Å². The van der Waals surface area contributed by atoms with Crippen LogP contribution in [0.1, 0.15) is 83.4 Å². The van der Waals surface area contributed by atoms with Crippen molar-refractivity contribution >= 4 is 11.0 Å². The van der Waals surface area contributed by atoms with Gasteiger partial charge in [-0.25, -0.2) is 4.98 Å². The van der Waals surface area contributed by atoms with Gasteiger partial charge < -0.3 is 0 Å². The standard InChI is InChI=1S/C25H35N3/c1-2-3-4-5-6-7-8-9-10-11-15-18-25-27-23-21-26-20-19-24(23)28(25)22-16-13-12-14-17-22/h12-14,16-17,19-21H,2-11,15,18H2,1H3. The molecule has 0 unspecified atom stereocenters. The van der Waals surface area contributed by atoms with Crippen molar-refractivity contribution in [3.05, 3.63) is 54.6 Å². The van der Waals surface area contributed by atoms with Gasteiger partial charge in [-0.2, -0.15) is 0 Å². The van der Waals surface area contributed by atoms with Crippen molar-refractivity contribution in [2.75, 3.05) is 0 Å². The lowest BCUT2D eigenvalue weighted by atomic mass is 10.1. The second kappa shape index (κ2) is 11.6. The second-order valence-corrected chi connectivity index (χ2v) is 7.85. The van der Waals surface area contributed by atoms with Crippen molar-refractivity contribution in [3.8, 4) is 5.69 Å². The minimum absolute atomic E-state index is 0.990. The predicted octanol–water partition coefficient (Wildman–Crippen LogP) is 7.27. The van der Waals surface area contributed by atoms with Crippen LogP contribution in [-0.2, 0) is 6.42 Å². The van der Waals surface area contributed by atoms with E-state index in [1.807, 2.05) is 12.4 Å². The van der Waals surface area contributed by atoms with Gasteiger partial charge in [-0.3, -0.25) is 9.55 Å². The zero-order valence-corrected chi connectivity index (χ0v) is 17.4. The van der Waals surface area contributed by atoms with E-state index >= 15 is 0 Å². The summed E-state index contributed by atoms with van der Waals surface area (Å²) in [6.45, 7) is 2.28. The summed E-state index contributed by atoms with van der Waals surface area (Å²) in [7, 11) is 0. The maximum absolute atomic E-state index is 4.87. The van der Waals surface area contributed by atoms with Gasteiger partial charge in [0.05, 0.1) is 11.7 Å².